The van der Waals surface area contributed by atoms with Gasteiger partial charge in [-0.3, -0.25) is 9.36 Å². The quantitative estimate of drug-likeness (QED) is 0.633. The Morgan fingerprint density at radius 3 is 2.82 bits per heavy atom. The molecular weight excluding hydrogens is 280 g/mol. The summed E-state index contributed by atoms with van der Waals surface area (Å²) in [4.78, 5) is 16.9. The molecule has 0 amide bonds. The van der Waals surface area contributed by atoms with Gasteiger partial charge in [-0.15, -0.1) is 0 Å². The van der Waals surface area contributed by atoms with E-state index in [1.807, 2.05) is 11.5 Å². The highest BCUT2D eigenvalue weighted by atomic mass is 79.9. The molecule has 1 aromatic rings. The molecule has 2 rings (SSSR count). The van der Waals surface area contributed by atoms with Crippen LogP contribution in [0.1, 0.15) is 42.8 Å². The molecule has 3 nitrogen and oxygen atoms in total. The van der Waals surface area contributed by atoms with Crippen LogP contribution < -0.4 is 5.56 Å². The Hall–Kier alpha value is -0.640. The van der Waals surface area contributed by atoms with Crippen molar-refractivity contribution in [1.29, 1.82) is 0 Å². The molecule has 94 valence electrons. The van der Waals surface area contributed by atoms with Crippen molar-refractivity contribution in [2.45, 2.75) is 52.0 Å². The molecule has 0 saturated heterocycles. The lowest BCUT2D eigenvalue weighted by Crippen LogP contribution is -2.30. The molecule has 17 heavy (non-hydrogen) atoms. The highest BCUT2D eigenvalue weighted by molar-refractivity contribution is 9.09. The van der Waals surface area contributed by atoms with Crippen molar-refractivity contribution < 1.29 is 0 Å². The first-order chi connectivity index (χ1) is 8.24. The molecule has 1 aromatic heterocycles. The number of hydrogen-bond acceptors (Lipinski definition) is 2. The Morgan fingerprint density at radius 1 is 1.29 bits per heavy atom. The number of halogens is 1. The number of rotatable bonds is 4. The molecule has 0 aromatic carbocycles. The largest absolute Gasteiger partial charge is 0.297 e. The fourth-order valence-corrected chi connectivity index (χ4v) is 2.83. The predicted molar refractivity (Wildman–Crippen MR) is 72.9 cm³/mol. The van der Waals surface area contributed by atoms with Crippen LogP contribution in [0.25, 0.3) is 0 Å². The van der Waals surface area contributed by atoms with Crippen molar-refractivity contribution in [1.82, 2.24) is 9.55 Å². The van der Waals surface area contributed by atoms with E-state index >= 15 is 0 Å². The first-order valence-electron chi connectivity index (χ1n) is 6.39. The number of hydrogen-bond donors (Lipinski definition) is 0. The summed E-state index contributed by atoms with van der Waals surface area (Å²) in [5, 5.41) is 0.999. The molecule has 0 bridgehead atoms. The van der Waals surface area contributed by atoms with Crippen LogP contribution in [0.5, 0.6) is 0 Å². The van der Waals surface area contributed by atoms with Crippen LogP contribution in [0, 0.1) is 6.92 Å². The molecule has 4 heteroatoms. The number of unbranched alkanes of at least 4 members (excludes halogenated alkanes) is 1. The Balaban J connectivity index is 2.29. The Morgan fingerprint density at radius 2 is 2.06 bits per heavy atom. The van der Waals surface area contributed by atoms with E-state index in [9.17, 15) is 4.79 Å². The van der Waals surface area contributed by atoms with Gasteiger partial charge in [0.2, 0.25) is 0 Å². The molecule has 1 aliphatic rings. The summed E-state index contributed by atoms with van der Waals surface area (Å²) in [5.74, 6) is 0.880. The maximum Gasteiger partial charge on any atom is 0.256 e. The maximum atomic E-state index is 12.3. The van der Waals surface area contributed by atoms with E-state index in [1.165, 1.54) is 6.42 Å². The summed E-state index contributed by atoms with van der Waals surface area (Å²) in [6.45, 7) is 2.75. The first kappa shape index (κ1) is 12.8. The van der Waals surface area contributed by atoms with E-state index in [4.69, 9.17) is 0 Å². The molecule has 0 fully saturated rings. The summed E-state index contributed by atoms with van der Waals surface area (Å²) >= 11 is 3.42. The lowest BCUT2D eigenvalue weighted by Gasteiger charge is -2.18. The number of alkyl halides is 1. The van der Waals surface area contributed by atoms with E-state index in [2.05, 4.69) is 20.9 Å². The minimum absolute atomic E-state index is 0.210. The Labute approximate surface area is 110 Å². The highest BCUT2D eigenvalue weighted by Gasteiger charge is 2.17. The smallest absolute Gasteiger partial charge is 0.256 e. The topological polar surface area (TPSA) is 34.9 Å². The molecule has 0 radical (unpaired) electrons. The van der Waals surface area contributed by atoms with Crippen molar-refractivity contribution >= 4 is 15.9 Å². The van der Waals surface area contributed by atoms with Gasteiger partial charge < -0.3 is 0 Å². The van der Waals surface area contributed by atoms with Crippen molar-refractivity contribution in [3.8, 4) is 0 Å². The number of fused-ring (bicyclic) bond motifs is 1. The van der Waals surface area contributed by atoms with E-state index in [0.717, 1.165) is 61.1 Å². The van der Waals surface area contributed by atoms with Gasteiger partial charge in [0, 0.05) is 17.4 Å². The SMILES string of the molecule is Cc1nc2c(c(=O)n1CCCCBr)CCCC2. The minimum Gasteiger partial charge on any atom is -0.297 e. The third-order valence-electron chi connectivity index (χ3n) is 3.39. The van der Waals surface area contributed by atoms with Gasteiger partial charge in [-0.25, -0.2) is 4.98 Å². The highest BCUT2D eigenvalue weighted by Crippen LogP contribution is 2.16. The lowest BCUT2D eigenvalue weighted by atomic mass is 9.97. The van der Waals surface area contributed by atoms with Crippen LogP contribution in [-0.2, 0) is 19.4 Å². The average Bonchev–Trinajstić information content (AvgIpc) is 2.33. The van der Waals surface area contributed by atoms with Crippen LogP contribution in [-0.4, -0.2) is 14.9 Å². The summed E-state index contributed by atoms with van der Waals surface area (Å²) < 4.78 is 1.85. The van der Waals surface area contributed by atoms with Crippen molar-refractivity contribution in [3.05, 3.63) is 27.4 Å². The monoisotopic (exact) mass is 298 g/mol. The summed E-state index contributed by atoms with van der Waals surface area (Å²) in [6.07, 6.45) is 6.34. The molecular formula is C13H19BrN2O. The van der Waals surface area contributed by atoms with Crippen LogP contribution in [0.3, 0.4) is 0 Å². The number of nitrogens with zero attached hydrogens (tertiary/aromatic N) is 2. The molecule has 0 unspecified atom stereocenters. The first-order valence-corrected chi connectivity index (χ1v) is 7.51. The zero-order chi connectivity index (χ0) is 12.3. The zero-order valence-electron chi connectivity index (χ0n) is 10.3. The second-order valence-corrected chi connectivity index (χ2v) is 5.44. The van der Waals surface area contributed by atoms with Gasteiger partial charge in [0.05, 0.1) is 5.69 Å². The van der Waals surface area contributed by atoms with Gasteiger partial charge in [-0.05, 0) is 45.4 Å². The average molecular weight is 299 g/mol. The molecule has 1 aliphatic carbocycles. The van der Waals surface area contributed by atoms with Gasteiger partial charge in [0.1, 0.15) is 5.82 Å². The van der Waals surface area contributed by atoms with Crippen LogP contribution >= 0.6 is 15.9 Å². The summed E-state index contributed by atoms with van der Waals surface area (Å²) in [6, 6.07) is 0. The minimum atomic E-state index is 0.210. The Kier molecular flexibility index (Phi) is 4.37. The van der Waals surface area contributed by atoms with E-state index < -0.39 is 0 Å². The zero-order valence-corrected chi connectivity index (χ0v) is 11.9. The van der Waals surface area contributed by atoms with Crippen LogP contribution in [0.2, 0.25) is 0 Å². The van der Waals surface area contributed by atoms with Gasteiger partial charge in [-0.2, -0.15) is 0 Å². The molecule has 0 aliphatic heterocycles. The van der Waals surface area contributed by atoms with Gasteiger partial charge >= 0.3 is 0 Å². The van der Waals surface area contributed by atoms with Gasteiger partial charge in [0.25, 0.3) is 5.56 Å². The molecule has 0 saturated carbocycles. The van der Waals surface area contributed by atoms with Gasteiger partial charge in [0.15, 0.2) is 0 Å². The summed E-state index contributed by atoms with van der Waals surface area (Å²) in [7, 11) is 0. The van der Waals surface area contributed by atoms with Crippen LogP contribution in [0.4, 0.5) is 0 Å². The maximum absolute atomic E-state index is 12.3. The number of aryl methyl sites for hydroxylation is 2. The molecule has 0 N–H and O–H groups in total. The molecule has 0 atom stereocenters. The fourth-order valence-electron chi connectivity index (χ4n) is 2.44. The second kappa shape index (κ2) is 5.80. The Bertz CT molecular complexity index is 453. The van der Waals surface area contributed by atoms with Crippen LogP contribution in [0.15, 0.2) is 4.79 Å². The van der Waals surface area contributed by atoms with Crippen molar-refractivity contribution in [2.75, 3.05) is 5.33 Å². The van der Waals surface area contributed by atoms with E-state index in [1.54, 1.807) is 0 Å². The lowest BCUT2D eigenvalue weighted by molar-refractivity contribution is 0.557. The predicted octanol–water partition coefficient (Wildman–Crippen LogP) is 2.61. The number of aromatic nitrogens is 2. The third kappa shape index (κ3) is 2.79. The standard InChI is InChI=1S/C13H19BrN2O/c1-10-15-12-7-3-2-6-11(12)13(17)16(10)9-5-4-8-14/h2-9H2,1H3. The third-order valence-corrected chi connectivity index (χ3v) is 3.96. The normalized spacial score (nSPS) is 14.7. The fraction of sp³-hybridized carbons (Fsp3) is 0.692. The van der Waals surface area contributed by atoms with Crippen molar-refractivity contribution in [2.24, 2.45) is 0 Å². The summed E-state index contributed by atoms with van der Waals surface area (Å²) in [5.41, 5.74) is 2.23. The van der Waals surface area contributed by atoms with Gasteiger partial charge in [-0.1, -0.05) is 15.9 Å². The van der Waals surface area contributed by atoms with Crippen molar-refractivity contribution in [3.63, 3.8) is 0 Å². The second-order valence-electron chi connectivity index (χ2n) is 4.64. The van der Waals surface area contributed by atoms with E-state index in [0.29, 0.717) is 0 Å². The molecule has 0 spiro atoms. The van der Waals surface area contributed by atoms with E-state index in [-0.39, 0.29) is 5.56 Å². The molecule has 1 heterocycles.